The van der Waals surface area contributed by atoms with Crippen LogP contribution in [0.4, 0.5) is 8.78 Å². The van der Waals surface area contributed by atoms with E-state index in [1.807, 2.05) is 0 Å². The van der Waals surface area contributed by atoms with Gasteiger partial charge in [0.2, 0.25) is 0 Å². The molecule has 0 fully saturated rings. The number of imidazole rings is 1. The van der Waals surface area contributed by atoms with E-state index < -0.39 is 17.6 Å². The largest absolute Gasteiger partial charge is 0.477 e. The number of hydrogen-bond donors (Lipinski definition) is 1. The van der Waals surface area contributed by atoms with E-state index in [0.29, 0.717) is 16.3 Å². The Hall–Kier alpha value is -2.28. The molecule has 2 aromatic heterocycles. The average molecular weight is 294 g/mol. The number of benzene rings is 1. The van der Waals surface area contributed by atoms with Gasteiger partial charge in [0, 0.05) is 23.5 Å². The highest BCUT2D eigenvalue weighted by molar-refractivity contribution is 7.19. The van der Waals surface area contributed by atoms with Crippen molar-refractivity contribution in [3.63, 3.8) is 0 Å². The molecular formula is C13H8F2N2O2S. The summed E-state index contributed by atoms with van der Waals surface area (Å²) >= 11 is 1.01. The van der Waals surface area contributed by atoms with Gasteiger partial charge in [0.1, 0.15) is 16.5 Å². The molecule has 102 valence electrons. The molecule has 0 aliphatic heterocycles. The first-order chi connectivity index (χ1) is 9.47. The van der Waals surface area contributed by atoms with Gasteiger partial charge in [-0.25, -0.2) is 18.6 Å². The summed E-state index contributed by atoms with van der Waals surface area (Å²) in [5.41, 5.74) is 1.05. The van der Waals surface area contributed by atoms with E-state index >= 15 is 0 Å². The number of aryl methyl sites for hydroxylation is 1. The number of aromatic carboxylic acids is 1. The molecule has 1 aromatic carbocycles. The van der Waals surface area contributed by atoms with Gasteiger partial charge in [-0.15, -0.1) is 0 Å². The Morgan fingerprint density at radius 2 is 2.15 bits per heavy atom. The maximum absolute atomic E-state index is 13.7. The quantitative estimate of drug-likeness (QED) is 0.788. The standard InChI is InChI=1S/C13H8F2N2O2S/c1-6-11(12(18)19)20-13-16-10(5-17(6)13)8-3-2-7(14)4-9(8)15/h2-5H,1H3,(H,18,19). The molecule has 2 heterocycles. The van der Waals surface area contributed by atoms with E-state index in [9.17, 15) is 13.6 Å². The van der Waals surface area contributed by atoms with E-state index in [-0.39, 0.29) is 10.4 Å². The average Bonchev–Trinajstić information content (AvgIpc) is 2.89. The van der Waals surface area contributed by atoms with E-state index in [4.69, 9.17) is 5.11 Å². The van der Waals surface area contributed by atoms with Gasteiger partial charge in [0.15, 0.2) is 4.96 Å². The molecule has 0 radical (unpaired) electrons. The Labute approximate surface area is 115 Å². The van der Waals surface area contributed by atoms with Crippen LogP contribution in [0.15, 0.2) is 24.4 Å². The van der Waals surface area contributed by atoms with E-state index in [1.165, 1.54) is 6.07 Å². The first kappa shape index (κ1) is 12.7. The zero-order valence-corrected chi connectivity index (χ0v) is 11.0. The number of carboxylic acid groups (broad SMARTS) is 1. The molecule has 3 rings (SSSR count). The molecule has 20 heavy (non-hydrogen) atoms. The summed E-state index contributed by atoms with van der Waals surface area (Å²) in [5, 5.41) is 9.01. The fourth-order valence-corrected chi connectivity index (χ4v) is 2.92. The van der Waals surface area contributed by atoms with Crippen LogP contribution in [0.3, 0.4) is 0 Å². The summed E-state index contributed by atoms with van der Waals surface area (Å²) in [5.74, 6) is -2.38. The maximum atomic E-state index is 13.7. The predicted octanol–water partition coefficient (Wildman–Crippen LogP) is 3.35. The zero-order valence-electron chi connectivity index (χ0n) is 10.2. The number of thiazole rings is 1. The van der Waals surface area contributed by atoms with Gasteiger partial charge in [0.05, 0.1) is 5.69 Å². The van der Waals surface area contributed by atoms with E-state index in [2.05, 4.69) is 4.98 Å². The van der Waals surface area contributed by atoms with Crippen LogP contribution in [0.1, 0.15) is 15.4 Å². The molecule has 1 N–H and O–H groups in total. The van der Waals surface area contributed by atoms with Crippen LogP contribution >= 0.6 is 11.3 Å². The van der Waals surface area contributed by atoms with Crippen LogP contribution in [-0.4, -0.2) is 20.5 Å². The Morgan fingerprint density at radius 1 is 1.40 bits per heavy atom. The zero-order chi connectivity index (χ0) is 14.4. The molecule has 0 aliphatic rings. The van der Waals surface area contributed by atoms with Crippen LogP contribution in [0.25, 0.3) is 16.2 Å². The Bertz CT molecular complexity index is 838. The molecule has 0 saturated heterocycles. The lowest BCUT2D eigenvalue weighted by Gasteiger charge is -1.98. The lowest BCUT2D eigenvalue weighted by atomic mass is 10.1. The number of aromatic nitrogens is 2. The van der Waals surface area contributed by atoms with Gasteiger partial charge in [-0.05, 0) is 19.1 Å². The second-order valence-electron chi connectivity index (χ2n) is 4.22. The van der Waals surface area contributed by atoms with Crippen molar-refractivity contribution in [2.24, 2.45) is 0 Å². The lowest BCUT2D eigenvalue weighted by Crippen LogP contribution is -1.96. The molecule has 3 aromatic rings. The number of hydrogen-bond acceptors (Lipinski definition) is 3. The van der Waals surface area contributed by atoms with Gasteiger partial charge in [-0.3, -0.25) is 4.40 Å². The minimum Gasteiger partial charge on any atom is -0.477 e. The van der Waals surface area contributed by atoms with Crippen LogP contribution in [0.5, 0.6) is 0 Å². The molecule has 0 unspecified atom stereocenters. The van der Waals surface area contributed by atoms with Crippen molar-refractivity contribution in [2.45, 2.75) is 6.92 Å². The Balaban J connectivity index is 2.17. The number of carboxylic acids is 1. The van der Waals surface area contributed by atoms with Gasteiger partial charge in [-0.2, -0.15) is 0 Å². The van der Waals surface area contributed by atoms with Crippen molar-refractivity contribution in [3.8, 4) is 11.3 Å². The highest BCUT2D eigenvalue weighted by atomic mass is 32.1. The fraction of sp³-hybridized carbons (Fsp3) is 0.0769. The van der Waals surface area contributed by atoms with Gasteiger partial charge in [0.25, 0.3) is 0 Å². The predicted molar refractivity (Wildman–Crippen MR) is 70.1 cm³/mol. The third-order valence-electron chi connectivity index (χ3n) is 2.96. The van der Waals surface area contributed by atoms with Crippen molar-refractivity contribution in [2.75, 3.05) is 0 Å². The SMILES string of the molecule is Cc1c(C(=O)O)sc2nc(-c3ccc(F)cc3F)cn12. The van der Waals surface area contributed by atoms with Crippen LogP contribution in [0, 0.1) is 18.6 Å². The first-order valence-corrected chi connectivity index (χ1v) is 6.46. The summed E-state index contributed by atoms with van der Waals surface area (Å²) in [6.07, 6.45) is 1.55. The van der Waals surface area contributed by atoms with Crippen molar-refractivity contribution >= 4 is 22.3 Å². The third-order valence-corrected chi connectivity index (χ3v) is 4.10. The molecule has 0 atom stereocenters. The summed E-state index contributed by atoms with van der Waals surface area (Å²) in [6, 6.07) is 3.25. The normalized spacial score (nSPS) is 11.2. The number of fused-ring (bicyclic) bond motifs is 1. The highest BCUT2D eigenvalue weighted by Gasteiger charge is 2.18. The lowest BCUT2D eigenvalue weighted by molar-refractivity contribution is 0.0701. The summed E-state index contributed by atoms with van der Waals surface area (Å²) < 4.78 is 28.2. The van der Waals surface area contributed by atoms with Crippen LogP contribution in [0.2, 0.25) is 0 Å². The number of rotatable bonds is 2. The second-order valence-corrected chi connectivity index (χ2v) is 5.20. The molecule has 4 nitrogen and oxygen atoms in total. The first-order valence-electron chi connectivity index (χ1n) is 5.64. The molecule has 0 bridgehead atoms. The molecule has 0 amide bonds. The topological polar surface area (TPSA) is 54.6 Å². The minimum absolute atomic E-state index is 0.179. The molecule has 0 aliphatic carbocycles. The number of nitrogens with zero attached hydrogens (tertiary/aromatic N) is 2. The summed E-state index contributed by atoms with van der Waals surface area (Å²) in [7, 11) is 0. The third kappa shape index (κ3) is 1.87. The van der Waals surface area contributed by atoms with Crippen molar-refractivity contribution in [1.82, 2.24) is 9.38 Å². The van der Waals surface area contributed by atoms with Gasteiger partial charge in [-0.1, -0.05) is 11.3 Å². The number of carbonyl (C=O) groups is 1. The van der Waals surface area contributed by atoms with Crippen molar-refractivity contribution < 1.29 is 18.7 Å². The summed E-state index contributed by atoms with van der Waals surface area (Å²) in [4.78, 5) is 15.8. The van der Waals surface area contributed by atoms with Crippen molar-refractivity contribution in [1.29, 1.82) is 0 Å². The molecular weight excluding hydrogens is 286 g/mol. The van der Waals surface area contributed by atoms with E-state index in [1.54, 1.807) is 17.5 Å². The van der Waals surface area contributed by atoms with E-state index in [0.717, 1.165) is 23.5 Å². The maximum Gasteiger partial charge on any atom is 0.347 e. The highest BCUT2D eigenvalue weighted by Crippen LogP contribution is 2.28. The Kier molecular flexibility index (Phi) is 2.79. The molecule has 7 heteroatoms. The Morgan fingerprint density at radius 3 is 2.75 bits per heavy atom. The molecule has 0 spiro atoms. The summed E-state index contributed by atoms with van der Waals surface area (Å²) in [6.45, 7) is 1.65. The van der Waals surface area contributed by atoms with Crippen molar-refractivity contribution in [3.05, 3.63) is 46.6 Å². The fourth-order valence-electron chi connectivity index (χ4n) is 1.98. The van der Waals surface area contributed by atoms with Gasteiger partial charge < -0.3 is 5.11 Å². The van der Waals surface area contributed by atoms with Gasteiger partial charge >= 0.3 is 5.97 Å². The molecule has 0 saturated carbocycles. The second kappa shape index (κ2) is 4.38. The monoisotopic (exact) mass is 294 g/mol. The van der Waals surface area contributed by atoms with Crippen LogP contribution in [-0.2, 0) is 0 Å². The smallest absolute Gasteiger partial charge is 0.347 e. The minimum atomic E-state index is -1.02. The van der Waals surface area contributed by atoms with Crippen LogP contribution < -0.4 is 0 Å². The number of halogens is 2.